The Morgan fingerprint density at radius 3 is 2.35 bits per heavy atom. The van der Waals surface area contributed by atoms with Crippen molar-refractivity contribution < 1.29 is 19.5 Å². The number of amides is 3. The highest BCUT2D eigenvalue weighted by Gasteiger charge is 2.05. The smallest absolute Gasteiger partial charge is 0.319 e. The van der Waals surface area contributed by atoms with E-state index in [4.69, 9.17) is 10.9 Å². The highest BCUT2D eigenvalue weighted by atomic mass is 16.4. The van der Waals surface area contributed by atoms with Crippen molar-refractivity contribution in [3.8, 4) is 0 Å². The molecule has 0 aliphatic carbocycles. The van der Waals surface area contributed by atoms with Gasteiger partial charge in [0.15, 0.2) is 0 Å². The van der Waals surface area contributed by atoms with Crippen LogP contribution in [0.25, 0.3) is 0 Å². The van der Waals surface area contributed by atoms with Crippen LogP contribution in [0.1, 0.15) is 18.4 Å². The van der Waals surface area contributed by atoms with Crippen molar-refractivity contribution in [3.63, 3.8) is 0 Å². The molecule has 124 valence electrons. The number of nitrogens with two attached hydrogens (primary N) is 1. The topological polar surface area (TPSA) is 146 Å². The third-order valence-corrected chi connectivity index (χ3v) is 2.69. The zero-order valence-corrected chi connectivity index (χ0v) is 12.4. The molecule has 0 aliphatic heterocycles. The van der Waals surface area contributed by atoms with Gasteiger partial charge in [0, 0.05) is 25.2 Å². The number of rotatable bonds is 8. The first kappa shape index (κ1) is 18.0. The molecule has 0 fully saturated rings. The summed E-state index contributed by atoms with van der Waals surface area (Å²) in [6, 6.07) is 6.41. The lowest BCUT2D eigenvalue weighted by Gasteiger charge is -2.08. The molecule has 0 spiro atoms. The van der Waals surface area contributed by atoms with Gasteiger partial charge in [-0.2, -0.15) is 5.10 Å². The molecule has 0 saturated carbocycles. The number of carboxylic acid groups (broad SMARTS) is 1. The molecule has 0 unspecified atom stereocenters. The van der Waals surface area contributed by atoms with Crippen LogP contribution in [0.15, 0.2) is 29.4 Å². The monoisotopic (exact) mass is 321 g/mol. The normalized spacial score (nSPS) is 10.3. The summed E-state index contributed by atoms with van der Waals surface area (Å²) in [5, 5.41) is 19.4. The number of benzene rings is 1. The summed E-state index contributed by atoms with van der Waals surface area (Å²) in [6.45, 7) is 0.210. The van der Waals surface area contributed by atoms with E-state index in [9.17, 15) is 14.4 Å². The van der Waals surface area contributed by atoms with E-state index < -0.39 is 12.0 Å². The Kier molecular flexibility index (Phi) is 7.62. The number of aliphatic carboxylic acids is 1. The zero-order chi connectivity index (χ0) is 17.1. The molecule has 9 heteroatoms. The molecule has 1 rings (SSSR count). The van der Waals surface area contributed by atoms with Gasteiger partial charge in [0.05, 0.1) is 12.6 Å². The van der Waals surface area contributed by atoms with E-state index in [1.165, 1.54) is 6.21 Å². The van der Waals surface area contributed by atoms with Gasteiger partial charge in [0.1, 0.15) is 0 Å². The van der Waals surface area contributed by atoms with Gasteiger partial charge in [0.2, 0.25) is 5.91 Å². The molecule has 6 N–H and O–H groups in total. The molecule has 0 aliphatic rings. The average Bonchev–Trinajstić information content (AvgIpc) is 2.49. The Bertz CT molecular complexity index is 571. The molecule has 0 atom stereocenters. The maximum atomic E-state index is 11.6. The molecule has 0 heterocycles. The van der Waals surface area contributed by atoms with Crippen LogP contribution in [-0.2, 0) is 9.59 Å². The number of anilines is 1. The van der Waals surface area contributed by atoms with Gasteiger partial charge in [-0.3, -0.25) is 9.59 Å². The molecule has 3 amide bonds. The number of nitrogens with one attached hydrogen (secondary N) is 3. The molecular formula is C14H19N5O4. The van der Waals surface area contributed by atoms with Crippen molar-refractivity contribution in [2.75, 3.05) is 18.4 Å². The molecule has 9 nitrogen and oxygen atoms in total. The second-order valence-corrected chi connectivity index (χ2v) is 4.52. The summed E-state index contributed by atoms with van der Waals surface area (Å²) in [4.78, 5) is 33.3. The van der Waals surface area contributed by atoms with E-state index in [2.05, 4.69) is 21.1 Å². The Morgan fingerprint density at radius 1 is 1.09 bits per heavy atom. The molecule has 0 radical (unpaired) electrons. The fourth-order valence-electron chi connectivity index (χ4n) is 1.60. The predicted octanol–water partition coefficient (Wildman–Crippen LogP) is 0.0817. The van der Waals surface area contributed by atoms with Crippen molar-refractivity contribution in [3.05, 3.63) is 29.8 Å². The van der Waals surface area contributed by atoms with Crippen molar-refractivity contribution in [1.29, 1.82) is 0 Å². The number of carbonyl (C=O) groups is 3. The number of hydrogen-bond acceptors (Lipinski definition) is 5. The summed E-state index contributed by atoms with van der Waals surface area (Å²) in [6.07, 6.45) is 1.41. The second-order valence-electron chi connectivity index (χ2n) is 4.52. The number of hydrazone groups is 1. The Labute approximate surface area is 132 Å². The quantitative estimate of drug-likeness (QED) is 0.261. The fourth-order valence-corrected chi connectivity index (χ4v) is 1.60. The maximum absolute atomic E-state index is 11.6. The van der Waals surface area contributed by atoms with Gasteiger partial charge in [-0.05, 0) is 17.7 Å². The van der Waals surface area contributed by atoms with E-state index in [-0.39, 0.29) is 31.8 Å². The summed E-state index contributed by atoms with van der Waals surface area (Å²) in [5.41, 5.74) is 1.39. The first-order chi connectivity index (χ1) is 11.0. The summed E-state index contributed by atoms with van der Waals surface area (Å²) in [5.74, 6) is 3.73. The molecule has 0 saturated heterocycles. The maximum Gasteiger partial charge on any atom is 0.319 e. The molecular weight excluding hydrogens is 302 g/mol. The standard InChI is InChI=1S/C14H19N5O4/c15-18-9-10-1-3-11(4-2-10)19-14(23)17-7-5-12(20)16-8-6-13(21)22/h1-4,9H,5-8,15H2,(H,16,20)(H,21,22)(H2,17,19,23). The second kappa shape index (κ2) is 9.77. The minimum Gasteiger partial charge on any atom is -0.481 e. The lowest BCUT2D eigenvalue weighted by atomic mass is 10.2. The van der Waals surface area contributed by atoms with Gasteiger partial charge >= 0.3 is 12.0 Å². The Hall–Kier alpha value is -3.10. The first-order valence-electron chi connectivity index (χ1n) is 6.88. The van der Waals surface area contributed by atoms with Gasteiger partial charge < -0.3 is 26.9 Å². The average molecular weight is 321 g/mol. The fraction of sp³-hybridized carbons (Fsp3) is 0.286. The summed E-state index contributed by atoms with van der Waals surface area (Å²) >= 11 is 0. The van der Waals surface area contributed by atoms with Crippen LogP contribution in [0, 0.1) is 0 Å². The number of hydrogen-bond donors (Lipinski definition) is 5. The SMILES string of the molecule is NN=Cc1ccc(NC(=O)NCCC(=O)NCCC(=O)O)cc1. The number of carbonyl (C=O) groups excluding carboxylic acids is 2. The minimum absolute atomic E-state index is 0.0683. The van der Waals surface area contributed by atoms with E-state index in [1.54, 1.807) is 24.3 Å². The van der Waals surface area contributed by atoms with Crippen LogP contribution in [0.4, 0.5) is 10.5 Å². The van der Waals surface area contributed by atoms with Crippen molar-refractivity contribution >= 4 is 29.8 Å². The van der Waals surface area contributed by atoms with E-state index in [0.717, 1.165) is 5.56 Å². The van der Waals surface area contributed by atoms with Crippen molar-refractivity contribution in [1.82, 2.24) is 10.6 Å². The van der Waals surface area contributed by atoms with E-state index in [1.807, 2.05) is 0 Å². The number of urea groups is 1. The molecule has 1 aromatic carbocycles. The van der Waals surface area contributed by atoms with Gasteiger partial charge in [-0.1, -0.05) is 12.1 Å². The van der Waals surface area contributed by atoms with Crippen LogP contribution in [0.5, 0.6) is 0 Å². The molecule has 0 bridgehead atoms. The van der Waals surface area contributed by atoms with Gasteiger partial charge in [0.25, 0.3) is 0 Å². The molecule has 0 aromatic heterocycles. The van der Waals surface area contributed by atoms with Crippen LogP contribution in [-0.4, -0.2) is 42.3 Å². The summed E-state index contributed by atoms with van der Waals surface area (Å²) in [7, 11) is 0. The zero-order valence-electron chi connectivity index (χ0n) is 12.4. The highest BCUT2D eigenvalue weighted by molar-refractivity contribution is 5.90. The Morgan fingerprint density at radius 2 is 1.74 bits per heavy atom. The van der Waals surface area contributed by atoms with E-state index >= 15 is 0 Å². The number of nitrogens with zero attached hydrogens (tertiary/aromatic N) is 1. The Balaban J connectivity index is 2.23. The highest BCUT2D eigenvalue weighted by Crippen LogP contribution is 2.07. The molecule has 1 aromatic rings. The third kappa shape index (κ3) is 8.05. The van der Waals surface area contributed by atoms with Crippen molar-refractivity contribution in [2.24, 2.45) is 10.9 Å². The third-order valence-electron chi connectivity index (χ3n) is 2.69. The minimum atomic E-state index is -0.980. The van der Waals surface area contributed by atoms with E-state index in [0.29, 0.717) is 5.69 Å². The van der Waals surface area contributed by atoms with Crippen LogP contribution in [0.2, 0.25) is 0 Å². The number of carboxylic acids is 1. The van der Waals surface area contributed by atoms with Crippen LogP contribution < -0.4 is 21.8 Å². The lowest BCUT2D eigenvalue weighted by Crippen LogP contribution is -2.33. The van der Waals surface area contributed by atoms with Crippen molar-refractivity contribution in [2.45, 2.75) is 12.8 Å². The summed E-state index contributed by atoms with van der Waals surface area (Å²) < 4.78 is 0. The lowest BCUT2D eigenvalue weighted by molar-refractivity contribution is -0.136. The van der Waals surface area contributed by atoms with Crippen LogP contribution in [0.3, 0.4) is 0 Å². The van der Waals surface area contributed by atoms with Crippen LogP contribution >= 0.6 is 0 Å². The predicted molar refractivity (Wildman–Crippen MR) is 85.1 cm³/mol. The van der Waals surface area contributed by atoms with Gasteiger partial charge in [-0.25, -0.2) is 4.79 Å². The first-order valence-corrected chi connectivity index (χ1v) is 6.88. The van der Waals surface area contributed by atoms with Gasteiger partial charge in [-0.15, -0.1) is 0 Å². The largest absolute Gasteiger partial charge is 0.481 e. The molecule has 23 heavy (non-hydrogen) atoms.